The molecule has 1 amide bonds. The average molecular weight is 334 g/mol. The van der Waals surface area contributed by atoms with Crippen LogP contribution in [0.15, 0.2) is 24.3 Å². The summed E-state index contributed by atoms with van der Waals surface area (Å²) in [6, 6.07) is 7.62. The number of hydrogen-bond donors (Lipinski definition) is 2. The van der Waals surface area contributed by atoms with Crippen LogP contribution in [0.4, 0.5) is 0 Å². The molecule has 1 heterocycles. The minimum Gasteiger partial charge on any atom is -0.492 e. The summed E-state index contributed by atoms with van der Waals surface area (Å²) in [5, 5.41) is 2.87. The summed E-state index contributed by atoms with van der Waals surface area (Å²) in [7, 11) is 0. The minimum atomic E-state index is -0.460. The Kier molecular flexibility index (Phi) is 6.63. The fourth-order valence-corrected chi connectivity index (χ4v) is 2.80. The van der Waals surface area contributed by atoms with Crippen LogP contribution in [-0.2, 0) is 14.9 Å². The Balaban J connectivity index is 1.73. The first-order valence-corrected chi connectivity index (χ1v) is 8.72. The van der Waals surface area contributed by atoms with Crippen molar-refractivity contribution in [2.45, 2.75) is 45.1 Å². The zero-order valence-electron chi connectivity index (χ0n) is 15.0. The van der Waals surface area contributed by atoms with E-state index >= 15 is 0 Å². The lowest BCUT2D eigenvalue weighted by atomic mass is 9.87. The van der Waals surface area contributed by atoms with Crippen LogP contribution in [-0.4, -0.2) is 38.3 Å². The molecule has 0 aliphatic carbocycles. The molecule has 5 nitrogen and oxygen atoms in total. The van der Waals surface area contributed by atoms with Crippen molar-refractivity contribution >= 4 is 5.91 Å². The third-order valence-electron chi connectivity index (χ3n) is 4.45. The summed E-state index contributed by atoms with van der Waals surface area (Å²) in [6.07, 6.45) is 1.70. The molecular weight excluding hydrogens is 304 g/mol. The quantitative estimate of drug-likeness (QED) is 0.783. The number of benzene rings is 1. The Hall–Kier alpha value is -1.59. The highest BCUT2D eigenvalue weighted by Crippen LogP contribution is 2.25. The van der Waals surface area contributed by atoms with Crippen molar-refractivity contribution in [3.63, 3.8) is 0 Å². The summed E-state index contributed by atoms with van der Waals surface area (Å²) >= 11 is 0. The highest BCUT2D eigenvalue weighted by Gasteiger charge is 2.26. The molecule has 0 saturated carbocycles. The fraction of sp³-hybridized carbons (Fsp3) is 0.632. The van der Waals surface area contributed by atoms with Crippen molar-refractivity contribution in [2.24, 2.45) is 11.7 Å². The zero-order chi connectivity index (χ0) is 17.6. The van der Waals surface area contributed by atoms with E-state index in [0.29, 0.717) is 26.4 Å². The van der Waals surface area contributed by atoms with Crippen LogP contribution in [0.25, 0.3) is 0 Å². The van der Waals surface area contributed by atoms with Gasteiger partial charge in [-0.15, -0.1) is 0 Å². The lowest BCUT2D eigenvalue weighted by Gasteiger charge is -2.26. The lowest BCUT2D eigenvalue weighted by molar-refractivity contribution is -0.124. The van der Waals surface area contributed by atoms with Gasteiger partial charge in [0.15, 0.2) is 0 Å². The number of amides is 1. The van der Waals surface area contributed by atoms with Gasteiger partial charge in [-0.2, -0.15) is 0 Å². The average Bonchev–Trinajstić information content (AvgIpc) is 2.58. The summed E-state index contributed by atoms with van der Waals surface area (Å²) in [5.41, 5.74) is 7.36. The number of carbonyl (C=O) groups excluding carboxylic acids is 1. The Labute approximate surface area is 144 Å². The fourth-order valence-electron chi connectivity index (χ4n) is 2.80. The van der Waals surface area contributed by atoms with E-state index in [4.69, 9.17) is 15.2 Å². The van der Waals surface area contributed by atoms with Crippen LogP contribution >= 0.6 is 0 Å². The Bertz CT molecular complexity index is 534. The van der Waals surface area contributed by atoms with Gasteiger partial charge in [0.25, 0.3) is 0 Å². The van der Waals surface area contributed by atoms with Crippen molar-refractivity contribution in [1.82, 2.24) is 5.32 Å². The van der Waals surface area contributed by atoms with Crippen LogP contribution in [0, 0.1) is 5.92 Å². The molecule has 1 aromatic carbocycles. The number of ether oxygens (including phenoxy) is 2. The van der Waals surface area contributed by atoms with E-state index in [-0.39, 0.29) is 17.2 Å². The maximum atomic E-state index is 12.1. The van der Waals surface area contributed by atoms with Crippen molar-refractivity contribution < 1.29 is 14.3 Å². The number of carbonyl (C=O) groups is 1. The van der Waals surface area contributed by atoms with E-state index in [1.54, 1.807) is 0 Å². The van der Waals surface area contributed by atoms with E-state index in [2.05, 4.69) is 38.2 Å². The largest absolute Gasteiger partial charge is 0.492 e. The first-order chi connectivity index (χ1) is 11.4. The maximum absolute atomic E-state index is 12.1. The van der Waals surface area contributed by atoms with Gasteiger partial charge in [-0.05, 0) is 41.9 Å². The van der Waals surface area contributed by atoms with Crippen LogP contribution in [0.1, 0.15) is 39.2 Å². The third kappa shape index (κ3) is 5.49. The van der Waals surface area contributed by atoms with Gasteiger partial charge in [0.2, 0.25) is 5.91 Å². The molecule has 1 atom stereocenters. The summed E-state index contributed by atoms with van der Waals surface area (Å²) in [6.45, 7) is 8.78. The third-order valence-corrected chi connectivity index (χ3v) is 4.45. The number of nitrogens with two attached hydrogens (primary N) is 1. The molecule has 2 rings (SSSR count). The molecular formula is C19H30N2O3. The molecule has 3 N–H and O–H groups in total. The predicted molar refractivity (Wildman–Crippen MR) is 95.2 cm³/mol. The second-order valence-electron chi connectivity index (χ2n) is 7.39. The molecule has 0 spiro atoms. The molecule has 1 aromatic rings. The normalized spacial score (nSPS) is 17.3. The van der Waals surface area contributed by atoms with Crippen LogP contribution in [0.3, 0.4) is 0 Å². The second kappa shape index (κ2) is 8.49. The predicted octanol–water partition coefficient (Wildman–Crippen LogP) is 2.23. The molecule has 24 heavy (non-hydrogen) atoms. The van der Waals surface area contributed by atoms with E-state index in [1.807, 2.05) is 12.1 Å². The number of nitrogens with one attached hydrogen (secondary N) is 1. The minimum absolute atomic E-state index is 0.0874. The first kappa shape index (κ1) is 18.7. The molecule has 134 valence electrons. The topological polar surface area (TPSA) is 73.6 Å². The SMILES string of the molecule is CC(C)(C)c1cccc(OCCNC(=O)C(N)C2CCOCC2)c1. The second-order valence-corrected chi connectivity index (χ2v) is 7.39. The van der Waals surface area contributed by atoms with Gasteiger partial charge in [-0.1, -0.05) is 32.9 Å². The van der Waals surface area contributed by atoms with Crippen molar-refractivity contribution in [2.75, 3.05) is 26.4 Å². The van der Waals surface area contributed by atoms with Gasteiger partial charge < -0.3 is 20.5 Å². The molecule has 1 aliphatic heterocycles. The van der Waals surface area contributed by atoms with Crippen LogP contribution < -0.4 is 15.8 Å². The highest BCUT2D eigenvalue weighted by atomic mass is 16.5. The van der Waals surface area contributed by atoms with Gasteiger partial charge in [0.05, 0.1) is 12.6 Å². The monoisotopic (exact) mass is 334 g/mol. The summed E-state index contributed by atoms with van der Waals surface area (Å²) < 4.78 is 11.0. The van der Waals surface area contributed by atoms with Crippen molar-refractivity contribution in [3.8, 4) is 5.75 Å². The summed E-state index contributed by atoms with van der Waals surface area (Å²) in [4.78, 5) is 12.1. The van der Waals surface area contributed by atoms with E-state index < -0.39 is 6.04 Å². The van der Waals surface area contributed by atoms with Gasteiger partial charge in [0.1, 0.15) is 12.4 Å². The van der Waals surface area contributed by atoms with Crippen LogP contribution in [0.2, 0.25) is 0 Å². The van der Waals surface area contributed by atoms with Crippen molar-refractivity contribution in [3.05, 3.63) is 29.8 Å². The molecule has 0 radical (unpaired) electrons. The Morgan fingerprint density at radius 1 is 1.38 bits per heavy atom. The van der Waals surface area contributed by atoms with Gasteiger partial charge in [0, 0.05) is 13.2 Å². The molecule has 5 heteroatoms. The first-order valence-electron chi connectivity index (χ1n) is 8.72. The van der Waals surface area contributed by atoms with E-state index in [1.165, 1.54) is 5.56 Å². The molecule has 0 bridgehead atoms. The van der Waals surface area contributed by atoms with Crippen molar-refractivity contribution in [1.29, 1.82) is 0 Å². The number of hydrogen-bond acceptors (Lipinski definition) is 4. The van der Waals surface area contributed by atoms with Crippen LogP contribution in [0.5, 0.6) is 5.75 Å². The molecule has 1 fully saturated rings. The van der Waals surface area contributed by atoms with Gasteiger partial charge >= 0.3 is 0 Å². The Morgan fingerprint density at radius 2 is 2.08 bits per heavy atom. The zero-order valence-corrected chi connectivity index (χ0v) is 15.0. The molecule has 1 saturated heterocycles. The Morgan fingerprint density at radius 3 is 2.75 bits per heavy atom. The van der Waals surface area contributed by atoms with E-state index in [9.17, 15) is 4.79 Å². The standard InChI is InChI=1S/C19H30N2O3/c1-19(2,3)15-5-4-6-16(13-15)24-12-9-21-18(22)17(20)14-7-10-23-11-8-14/h4-6,13-14,17H,7-12,20H2,1-3H3,(H,21,22). The van der Waals surface area contributed by atoms with Gasteiger partial charge in [-0.25, -0.2) is 0 Å². The summed E-state index contributed by atoms with van der Waals surface area (Å²) in [5.74, 6) is 0.933. The molecule has 0 aromatic heterocycles. The lowest BCUT2D eigenvalue weighted by Crippen LogP contribution is -2.47. The van der Waals surface area contributed by atoms with E-state index in [0.717, 1.165) is 18.6 Å². The molecule has 1 unspecified atom stereocenters. The van der Waals surface area contributed by atoms with Gasteiger partial charge in [-0.3, -0.25) is 4.79 Å². The smallest absolute Gasteiger partial charge is 0.237 e. The maximum Gasteiger partial charge on any atom is 0.237 e. The number of rotatable bonds is 6. The highest BCUT2D eigenvalue weighted by molar-refractivity contribution is 5.81. The molecule has 1 aliphatic rings.